The van der Waals surface area contributed by atoms with Crippen molar-refractivity contribution in [3.05, 3.63) is 0 Å². The lowest BCUT2D eigenvalue weighted by molar-refractivity contribution is 0.160. The van der Waals surface area contributed by atoms with Crippen molar-refractivity contribution >= 4 is 23.0 Å². The number of ether oxygens (including phenoxy) is 1. The number of nitrogens with one attached hydrogen (secondary N) is 1. The number of thioether (sulfide) groups is 1. The van der Waals surface area contributed by atoms with Crippen LogP contribution in [-0.2, 0) is 4.74 Å². The van der Waals surface area contributed by atoms with Gasteiger partial charge in [0.25, 0.3) is 0 Å². The van der Waals surface area contributed by atoms with Crippen molar-refractivity contribution in [2.75, 3.05) is 18.9 Å². The molecule has 1 unspecified atom stereocenters. The minimum absolute atomic E-state index is 0.243. The largest absolute Gasteiger partial charge is 0.448 e. The smallest absolute Gasteiger partial charge is 0.404 e. The lowest BCUT2D eigenvalue weighted by Crippen LogP contribution is -2.31. The molecular formula is C9H17N3O2S. The van der Waals surface area contributed by atoms with Crippen molar-refractivity contribution in [3.63, 3.8) is 0 Å². The van der Waals surface area contributed by atoms with Gasteiger partial charge < -0.3 is 15.8 Å². The molecule has 0 spiro atoms. The van der Waals surface area contributed by atoms with E-state index in [4.69, 9.17) is 5.73 Å². The van der Waals surface area contributed by atoms with Gasteiger partial charge in [-0.25, -0.2) is 4.79 Å². The zero-order valence-corrected chi connectivity index (χ0v) is 9.84. The highest BCUT2D eigenvalue weighted by Gasteiger charge is 2.22. The molecule has 1 aliphatic heterocycles. The van der Waals surface area contributed by atoms with E-state index >= 15 is 0 Å². The van der Waals surface area contributed by atoms with Crippen LogP contribution in [0.5, 0.6) is 0 Å². The summed E-state index contributed by atoms with van der Waals surface area (Å²) in [5.41, 5.74) is 4.82. The van der Waals surface area contributed by atoms with Crippen LogP contribution in [0.3, 0.4) is 0 Å². The first-order chi connectivity index (χ1) is 7.09. The van der Waals surface area contributed by atoms with Crippen LogP contribution in [0.15, 0.2) is 4.99 Å². The Morgan fingerprint density at radius 1 is 1.80 bits per heavy atom. The molecule has 15 heavy (non-hydrogen) atoms. The van der Waals surface area contributed by atoms with Gasteiger partial charge in [0.2, 0.25) is 0 Å². The van der Waals surface area contributed by atoms with Crippen LogP contribution in [0.1, 0.15) is 13.8 Å². The van der Waals surface area contributed by atoms with Crippen molar-refractivity contribution in [1.82, 2.24) is 5.32 Å². The Kier molecular flexibility index (Phi) is 4.74. The summed E-state index contributed by atoms with van der Waals surface area (Å²) in [5, 5.41) is 4.25. The number of nitrogens with two attached hydrogens (primary N) is 1. The van der Waals surface area contributed by atoms with E-state index in [1.807, 2.05) is 0 Å². The number of primary amides is 1. The first kappa shape index (κ1) is 12.2. The quantitative estimate of drug-likeness (QED) is 0.702. The van der Waals surface area contributed by atoms with Crippen molar-refractivity contribution in [2.24, 2.45) is 16.6 Å². The lowest BCUT2D eigenvalue weighted by atomic mass is 10.1. The number of carbonyl (C=O) groups is 1. The fourth-order valence-electron chi connectivity index (χ4n) is 1.15. The molecule has 0 aliphatic carbocycles. The third-order valence-corrected chi connectivity index (χ3v) is 3.15. The fraction of sp³-hybridized carbons (Fsp3) is 0.778. The number of amides is 1. The van der Waals surface area contributed by atoms with Crippen molar-refractivity contribution < 1.29 is 9.53 Å². The predicted octanol–water partition coefficient (Wildman–Crippen LogP) is 0.799. The van der Waals surface area contributed by atoms with E-state index in [1.54, 1.807) is 11.8 Å². The molecule has 0 aromatic rings. The Hall–Kier alpha value is -0.910. The van der Waals surface area contributed by atoms with Gasteiger partial charge >= 0.3 is 6.09 Å². The van der Waals surface area contributed by atoms with Crippen molar-refractivity contribution in [2.45, 2.75) is 19.9 Å². The molecule has 1 rings (SSSR count). The Labute approximate surface area is 93.8 Å². The van der Waals surface area contributed by atoms with Gasteiger partial charge in [0, 0.05) is 11.8 Å². The van der Waals surface area contributed by atoms with E-state index in [1.165, 1.54) is 0 Å². The maximum Gasteiger partial charge on any atom is 0.404 e. The number of hydrogen-bond donors (Lipinski definition) is 2. The van der Waals surface area contributed by atoms with Gasteiger partial charge in [-0.2, -0.15) is 0 Å². The van der Waals surface area contributed by atoms with Crippen molar-refractivity contribution in [1.29, 1.82) is 0 Å². The Balaban J connectivity index is 2.22. The molecule has 1 heterocycles. The predicted molar refractivity (Wildman–Crippen MR) is 62.1 cm³/mol. The molecule has 86 valence electrons. The number of carbonyl (C=O) groups excluding carboxylic acids is 1. The summed E-state index contributed by atoms with van der Waals surface area (Å²) < 4.78 is 4.57. The molecule has 6 heteroatoms. The molecule has 0 bridgehead atoms. The average molecular weight is 231 g/mol. The van der Waals surface area contributed by atoms with E-state index in [2.05, 4.69) is 28.9 Å². The van der Waals surface area contributed by atoms with Gasteiger partial charge in [-0.1, -0.05) is 25.6 Å². The van der Waals surface area contributed by atoms with E-state index in [0.29, 0.717) is 18.5 Å². The summed E-state index contributed by atoms with van der Waals surface area (Å²) in [4.78, 5) is 14.5. The first-order valence-electron chi connectivity index (χ1n) is 4.95. The molecule has 0 aromatic carbocycles. The molecule has 0 saturated carbocycles. The molecule has 1 aliphatic rings. The van der Waals surface area contributed by atoms with Crippen molar-refractivity contribution in [3.8, 4) is 0 Å². The first-order valence-corrected chi connectivity index (χ1v) is 5.94. The highest BCUT2D eigenvalue weighted by Crippen LogP contribution is 2.18. The minimum Gasteiger partial charge on any atom is -0.448 e. The molecule has 5 nitrogen and oxygen atoms in total. The highest BCUT2D eigenvalue weighted by atomic mass is 32.2. The molecule has 1 saturated heterocycles. The zero-order valence-electron chi connectivity index (χ0n) is 9.03. The van der Waals surface area contributed by atoms with Crippen LogP contribution in [-0.4, -0.2) is 36.2 Å². The number of aliphatic imine (C=N–C) groups is 1. The van der Waals surface area contributed by atoms with E-state index in [0.717, 1.165) is 10.9 Å². The van der Waals surface area contributed by atoms with Crippen LogP contribution in [0, 0.1) is 5.92 Å². The summed E-state index contributed by atoms with van der Waals surface area (Å²) in [5.74, 6) is 1.65. The second-order valence-electron chi connectivity index (χ2n) is 3.66. The topological polar surface area (TPSA) is 76.7 Å². The second-order valence-corrected chi connectivity index (χ2v) is 4.67. The fourth-order valence-corrected chi connectivity index (χ4v) is 2.38. The monoisotopic (exact) mass is 231 g/mol. The zero-order chi connectivity index (χ0) is 11.3. The molecule has 1 atom stereocenters. The molecular weight excluding hydrogens is 214 g/mol. The standard InChI is InChI=1S/C9H17N3O2S/c1-6(2)7-5-15-9(12-7)11-3-4-14-8(10)13/h6-7H,3-5H2,1-2H3,(H2,10,13)(H,11,12). The van der Waals surface area contributed by atoms with Gasteiger partial charge in [0.1, 0.15) is 6.61 Å². The van der Waals surface area contributed by atoms with Gasteiger partial charge in [-0.05, 0) is 5.92 Å². The number of amidine groups is 1. The van der Waals surface area contributed by atoms with Crippen LogP contribution < -0.4 is 11.1 Å². The number of hydrogen-bond acceptors (Lipinski definition) is 4. The summed E-state index contributed by atoms with van der Waals surface area (Å²) in [6, 6.07) is 0.491. The van der Waals surface area contributed by atoms with Crippen LogP contribution in [0.25, 0.3) is 0 Å². The third kappa shape index (κ3) is 4.42. The Morgan fingerprint density at radius 3 is 3.07 bits per heavy atom. The van der Waals surface area contributed by atoms with Crippen LogP contribution >= 0.6 is 11.8 Å². The number of rotatable bonds is 4. The molecule has 1 amide bonds. The Morgan fingerprint density at radius 2 is 2.53 bits per heavy atom. The van der Waals surface area contributed by atoms with Crippen LogP contribution in [0.4, 0.5) is 4.79 Å². The second kappa shape index (κ2) is 5.85. The average Bonchev–Trinajstić information content (AvgIpc) is 2.60. The maximum absolute atomic E-state index is 10.3. The summed E-state index contributed by atoms with van der Waals surface area (Å²) in [7, 11) is 0. The van der Waals surface area contributed by atoms with Crippen LogP contribution in [0.2, 0.25) is 0 Å². The molecule has 0 radical (unpaired) electrons. The van der Waals surface area contributed by atoms with E-state index < -0.39 is 6.09 Å². The summed E-state index contributed by atoms with van der Waals surface area (Å²) in [6.07, 6.45) is -0.748. The lowest BCUT2D eigenvalue weighted by Gasteiger charge is -2.12. The van der Waals surface area contributed by atoms with E-state index in [-0.39, 0.29) is 6.61 Å². The Bertz CT molecular complexity index is 256. The van der Waals surface area contributed by atoms with Gasteiger partial charge in [0.05, 0.1) is 6.54 Å². The minimum atomic E-state index is -0.748. The van der Waals surface area contributed by atoms with E-state index in [9.17, 15) is 4.79 Å². The van der Waals surface area contributed by atoms with Gasteiger partial charge in [-0.15, -0.1) is 0 Å². The summed E-state index contributed by atoms with van der Waals surface area (Å²) in [6.45, 7) is 5.06. The highest BCUT2D eigenvalue weighted by molar-refractivity contribution is 8.14. The van der Waals surface area contributed by atoms with Gasteiger partial charge in [0.15, 0.2) is 5.17 Å². The molecule has 0 aromatic heterocycles. The summed E-state index contributed by atoms with van der Waals surface area (Å²) >= 11 is 1.70. The normalized spacial score (nSPS) is 23.1. The maximum atomic E-state index is 10.3. The SMILES string of the molecule is CC(C)C1CSC(=NCCOC(N)=O)N1. The van der Waals surface area contributed by atoms with Gasteiger partial charge in [-0.3, -0.25) is 4.99 Å². The molecule has 1 fully saturated rings. The molecule has 3 N–H and O–H groups in total. The number of nitrogens with zero attached hydrogens (tertiary/aromatic N) is 1. The third-order valence-electron chi connectivity index (χ3n) is 2.10.